The number of nitrogens with two attached hydrogens (primary N) is 1. The number of aryl methyl sites for hydroxylation is 2. The highest BCUT2D eigenvalue weighted by atomic mass is 15.1. The summed E-state index contributed by atoms with van der Waals surface area (Å²) >= 11 is 0. The predicted octanol–water partition coefficient (Wildman–Crippen LogP) is 1.43. The van der Waals surface area contributed by atoms with Crippen LogP contribution >= 0.6 is 0 Å². The largest absolute Gasteiger partial charge is 0.330 e. The maximum absolute atomic E-state index is 5.51. The van der Waals surface area contributed by atoms with Gasteiger partial charge in [-0.1, -0.05) is 6.92 Å². The van der Waals surface area contributed by atoms with Crippen LogP contribution in [0.15, 0.2) is 0 Å². The van der Waals surface area contributed by atoms with Crippen molar-refractivity contribution in [3.63, 3.8) is 0 Å². The van der Waals surface area contributed by atoms with Gasteiger partial charge in [-0.3, -0.25) is 5.10 Å². The smallest absolute Gasteiger partial charge is 0.0657 e. The molecule has 0 aromatic carbocycles. The molecule has 0 fully saturated rings. The van der Waals surface area contributed by atoms with E-state index < -0.39 is 0 Å². The Morgan fingerprint density at radius 1 is 1.57 bits per heavy atom. The van der Waals surface area contributed by atoms with Gasteiger partial charge < -0.3 is 5.73 Å². The van der Waals surface area contributed by atoms with Crippen LogP contribution in [0.3, 0.4) is 0 Å². The normalized spacial score (nSPS) is 20.9. The molecule has 78 valence electrons. The van der Waals surface area contributed by atoms with Crippen molar-refractivity contribution in [1.82, 2.24) is 10.2 Å². The van der Waals surface area contributed by atoms with E-state index in [0.29, 0.717) is 0 Å². The van der Waals surface area contributed by atoms with Crippen molar-refractivity contribution in [3.8, 4) is 0 Å². The van der Waals surface area contributed by atoms with Crippen LogP contribution in [0.5, 0.6) is 0 Å². The summed E-state index contributed by atoms with van der Waals surface area (Å²) < 4.78 is 0. The summed E-state index contributed by atoms with van der Waals surface area (Å²) in [5, 5.41) is 7.55. The van der Waals surface area contributed by atoms with Crippen LogP contribution < -0.4 is 5.73 Å². The van der Waals surface area contributed by atoms with Gasteiger partial charge in [-0.05, 0) is 50.1 Å². The Morgan fingerprint density at radius 3 is 3.21 bits per heavy atom. The zero-order valence-electron chi connectivity index (χ0n) is 8.84. The lowest BCUT2D eigenvalue weighted by atomic mass is 9.87. The molecule has 0 bridgehead atoms. The predicted molar refractivity (Wildman–Crippen MR) is 57.2 cm³/mol. The van der Waals surface area contributed by atoms with Gasteiger partial charge in [0.05, 0.1) is 5.69 Å². The van der Waals surface area contributed by atoms with E-state index in [4.69, 9.17) is 5.73 Å². The first-order valence-electron chi connectivity index (χ1n) is 5.56. The van der Waals surface area contributed by atoms with Crippen molar-refractivity contribution in [1.29, 1.82) is 0 Å². The third-order valence-corrected chi connectivity index (χ3v) is 3.10. The third-order valence-electron chi connectivity index (χ3n) is 3.10. The average molecular weight is 193 g/mol. The minimum atomic E-state index is 0.761. The Kier molecular flexibility index (Phi) is 2.87. The van der Waals surface area contributed by atoms with Gasteiger partial charge >= 0.3 is 0 Å². The van der Waals surface area contributed by atoms with Gasteiger partial charge in [-0.2, -0.15) is 5.10 Å². The summed E-state index contributed by atoms with van der Waals surface area (Å²) in [4.78, 5) is 0. The first-order chi connectivity index (χ1) is 6.81. The van der Waals surface area contributed by atoms with Crippen LogP contribution in [0.2, 0.25) is 0 Å². The van der Waals surface area contributed by atoms with Crippen molar-refractivity contribution in [2.45, 2.75) is 39.0 Å². The van der Waals surface area contributed by atoms with E-state index in [1.165, 1.54) is 36.2 Å². The molecule has 1 atom stereocenters. The maximum atomic E-state index is 5.51. The molecule has 0 saturated carbocycles. The fraction of sp³-hybridized carbons (Fsp3) is 0.727. The van der Waals surface area contributed by atoms with Gasteiger partial charge in [0, 0.05) is 5.69 Å². The van der Waals surface area contributed by atoms with E-state index >= 15 is 0 Å². The number of rotatable bonds is 3. The third kappa shape index (κ3) is 1.82. The second kappa shape index (κ2) is 4.13. The minimum Gasteiger partial charge on any atom is -0.330 e. The molecular weight excluding hydrogens is 174 g/mol. The highest BCUT2D eigenvalue weighted by Crippen LogP contribution is 2.26. The lowest BCUT2D eigenvalue weighted by Gasteiger charge is -2.18. The maximum Gasteiger partial charge on any atom is 0.0657 e. The monoisotopic (exact) mass is 193 g/mol. The van der Waals surface area contributed by atoms with Crippen molar-refractivity contribution >= 4 is 0 Å². The zero-order chi connectivity index (χ0) is 9.97. The molecule has 1 aliphatic carbocycles. The number of fused-ring (bicyclic) bond motifs is 1. The van der Waals surface area contributed by atoms with E-state index in [1.807, 2.05) is 0 Å². The first kappa shape index (κ1) is 9.71. The van der Waals surface area contributed by atoms with E-state index in [-0.39, 0.29) is 0 Å². The molecule has 1 aromatic rings. The Morgan fingerprint density at radius 2 is 2.43 bits per heavy atom. The van der Waals surface area contributed by atoms with E-state index in [1.54, 1.807) is 0 Å². The summed E-state index contributed by atoms with van der Waals surface area (Å²) in [6.45, 7) is 3.08. The molecule has 0 radical (unpaired) electrons. The van der Waals surface area contributed by atoms with Crippen molar-refractivity contribution < 1.29 is 0 Å². The van der Waals surface area contributed by atoms with E-state index in [0.717, 1.165) is 25.3 Å². The van der Waals surface area contributed by atoms with E-state index in [9.17, 15) is 0 Å². The molecule has 14 heavy (non-hydrogen) atoms. The van der Waals surface area contributed by atoms with Gasteiger partial charge in [-0.15, -0.1) is 0 Å². The fourth-order valence-corrected chi connectivity index (χ4v) is 2.21. The Bertz CT molecular complexity index is 303. The van der Waals surface area contributed by atoms with Crippen LogP contribution in [0.4, 0.5) is 0 Å². The molecule has 3 N–H and O–H groups in total. The Labute approximate surface area is 85.1 Å². The highest BCUT2D eigenvalue weighted by Gasteiger charge is 2.20. The Hall–Kier alpha value is -0.830. The Balaban J connectivity index is 2.13. The molecule has 3 heteroatoms. The summed E-state index contributed by atoms with van der Waals surface area (Å²) in [7, 11) is 0. The topological polar surface area (TPSA) is 54.7 Å². The molecule has 1 heterocycles. The number of aromatic nitrogens is 2. The number of aromatic amines is 1. The van der Waals surface area contributed by atoms with E-state index in [2.05, 4.69) is 17.1 Å². The summed E-state index contributed by atoms with van der Waals surface area (Å²) in [6, 6.07) is 0. The molecule has 1 aromatic heterocycles. The summed E-state index contributed by atoms with van der Waals surface area (Å²) in [5.74, 6) is 0.816. The molecule has 3 nitrogen and oxygen atoms in total. The van der Waals surface area contributed by atoms with Gasteiger partial charge in [0.15, 0.2) is 0 Å². The number of H-pyrrole nitrogens is 1. The standard InChI is InChI=1S/C11H19N3/c1-8-4-5-11-9(7-8)10(13-14-11)3-2-6-12/h8H,2-7,12H2,1H3,(H,13,14). The second-order valence-corrected chi connectivity index (χ2v) is 4.37. The number of nitrogens with zero attached hydrogens (tertiary/aromatic N) is 1. The highest BCUT2D eigenvalue weighted by molar-refractivity contribution is 5.28. The molecule has 0 saturated heterocycles. The van der Waals surface area contributed by atoms with Crippen LogP contribution in [-0.2, 0) is 19.3 Å². The molecule has 1 unspecified atom stereocenters. The summed E-state index contributed by atoms with van der Waals surface area (Å²) in [5.41, 5.74) is 9.63. The summed E-state index contributed by atoms with van der Waals surface area (Å²) in [6.07, 6.45) is 5.75. The molecule has 0 aliphatic heterocycles. The van der Waals surface area contributed by atoms with Crippen LogP contribution in [0, 0.1) is 5.92 Å². The minimum absolute atomic E-state index is 0.761. The zero-order valence-corrected chi connectivity index (χ0v) is 8.84. The van der Waals surface area contributed by atoms with Crippen molar-refractivity contribution in [3.05, 3.63) is 17.0 Å². The van der Waals surface area contributed by atoms with Crippen LogP contribution in [0.25, 0.3) is 0 Å². The van der Waals surface area contributed by atoms with Crippen molar-refractivity contribution in [2.75, 3.05) is 6.54 Å². The SMILES string of the molecule is CC1CCc2[nH]nc(CCCN)c2C1. The molecule has 0 amide bonds. The van der Waals surface area contributed by atoms with Crippen molar-refractivity contribution in [2.24, 2.45) is 11.7 Å². The number of nitrogens with one attached hydrogen (secondary N) is 1. The number of hydrogen-bond acceptors (Lipinski definition) is 2. The van der Waals surface area contributed by atoms with Crippen LogP contribution in [-0.4, -0.2) is 16.7 Å². The fourth-order valence-electron chi connectivity index (χ4n) is 2.21. The first-order valence-corrected chi connectivity index (χ1v) is 5.56. The molecule has 1 aliphatic rings. The van der Waals surface area contributed by atoms with Crippen LogP contribution in [0.1, 0.15) is 36.7 Å². The van der Waals surface area contributed by atoms with Gasteiger partial charge in [0.1, 0.15) is 0 Å². The van der Waals surface area contributed by atoms with Gasteiger partial charge in [0.2, 0.25) is 0 Å². The molecule has 2 rings (SSSR count). The van der Waals surface area contributed by atoms with Gasteiger partial charge in [0.25, 0.3) is 0 Å². The number of hydrogen-bond donors (Lipinski definition) is 2. The second-order valence-electron chi connectivity index (χ2n) is 4.37. The molecule has 0 spiro atoms. The lowest BCUT2D eigenvalue weighted by Crippen LogP contribution is -2.12. The quantitative estimate of drug-likeness (QED) is 0.763. The van der Waals surface area contributed by atoms with Gasteiger partial charge in [-0.25, -0.2) is 0 Å². The lowest BCUT2D eigenvalue weighted by molar-refractivity contribution is 0.495. The molecular formula is C11H19N3. The average Bonchev–Trinajstić information content (AvgIpc) is 2.57.